The standard InChI is InChI=1S/C20H23N3O5S/c1-2-17-5-3-4-14-22(17)29(27,28)19-12-8-16(9-13-19)21-20(24)15-6-10-18(11-7-15)23(25)26/h6-13,17H,2-5,14H2,1H3,(H,21,24)/t17-/m0/s1. The van der Waals surface area contributed by atoms with Crippen LogP contribution in [0.3, 0.4) is 0 Å². The molecule has 1 heterocycles. The molecule has 1 amide bonds. The zero-order valence-electron chi connectivity index (χ0n) is 16.1. The molecule has 1 saturated heterocycles. The van der Waals surface area contributed by atoms with Gasteiger partial charge in [0.15, 0.2) is 0 Å². The molecular formula is C20H23N3O5S. The fraction of sp³-hybridized carbons (Fsp3) is 0.350. The third-order valence-electron chi connectivity index (χ3n) is 5.10. The van der Waals surface area contributed by atoms with Crippen LogP contribution in [0.1, 0.15) is 43.0 Å². The first kappa shape index (κ1) is 20.9. The molecule has 1 aliphatic rings. The van der Waals surface area contributed by atoms with Crippen LogP contribution in [0, 0.1) is 10.1 Å². The first-order valence-electron chi connectivity index (χ1n) is 9.50. The fourth-order valence-electron chi connectivity index (χ4n) is 3.48. The lowest BCUT2D eigenvalue weighted by molar-refractivity contribution is -0.384. The van der Waals surface area contributed by atoms with Crippen molar-refractivity contribution in [2.24, 2.45) is 0 Å². The summed E-state index contributed by atoms with van der Waals surface area (Å²) in [5.41, 5.74) is 0.614. The summed E-state index contributed by atoms with van der Waals surface area (Å²) in [6.07, 6.45) is 3.55. The van der Waals surface area contributed by atoms with Gasteiger partial charge in [0.25, 0.3) is 11.6 Å². The highest BCUT2D eigenvalue weighted by Crippen LogP contribution is 2.27. The molecule has 0 unspecified atom stereocenters. The van der Waals surface area contributed by atoms with Gasteiger partial charge in [-0.1, -0.05) is 13.3 Å². The van der Waals surface area contributed by atoms with Crippen LogP contribution < -0.4 is 5.32 Å². The molecule has 1 fully saturated rings. The molecule has 29 heavy (non-hydrogen) atoms. The minimum absolute atomic E-state index is 0.0234. The van der Waals surface area contributed by atoms with E-state index in [1.807, 2.05) is 6.92 Å². The highest BCUT2D eigenvalue weighted by atomic mass is 32.2. The van der Waals surface area contributed by atoms with E-state index in [0.29, 0.717) is 12.2 Å². The average molecular weight is 417 g/mol. The van der Waals surface area contributed by atoms with Gasteiger partial charge in [0.2, 0.25) is 10.0 Å². The number of carbonyl (C=O) groups excluding carboxylic acids is 1. The van der Waals surface area contributed by atoms with E-state index in [2.05, 4.69) is 5.32 Å². The summed E-state index contributed by atoms with van der Waals surface area (Å²) < 4.78 is 27.5. The van der Waals surface area contributed by atoms with Crippen LogP contribution in [0.5, 0.6) is 0 Å². The van der Waals surface area contributed by atoms with Crippen molar-refractivity contribution in [1.82, 2.24) is 4.31 Å². The number of nitrogens with zero attached hydrogens (tertiary/aromatic N) is 2. The minimum atomic E-state index is -3.58. The highest BCUT2D eigenvalue weighted by molar-refractivity contribution is 7.89. The Balaban J connectivity index is 1.72. The Morgan fingerprint density at radius 2 is 1.79 bits per heavy atom. The van der Waals surface area contributed by atoms with E-state index in [0.717, 1.165) is 25.7 Å². The van der Waals surface area contributed by atoms with Gasteiger partial charge < -0.3 is 5.32 Å². The van der Waals surface area contributed by atoms with Crippen LogP contribution >= 0.6 is 0 Å². The van der Waals surface area contributed by atoms with Gasteiger partial charge >= 0.3 is 0 Å². The van der Waals surface area contributed by atoms with Gasteiger partial charge in [-0.3, -0.25) is 14.9 Å². The number of amides is 1. The maximum absolute atomic E-state index is 13.0. The molecule has 8 nitrogen and oxygen atoms in total. The predicted molar refractivity (Wildman–Crippen MR) is 109 cm³/mol. The van der Waals surface area contributed by atoms with Crippen LogP contribution in [0.15, 0.2) is 53.4 Å². The Morgan fingerprint density at radius 3 is 2.38 bits per heavy atom. The van der Waals surface area contributed by atoms with Crippen molar-refractivity contribution in [3.63, 3.8) is 0 Å². The molecule has 3 rings (SSSR count). The number of hydrogen-bond acceptors (Lipinski definition) is 5. The van der Waals surface area contributed by atoms with E-state index in [-0.39, 0.29) is 22.2 Å². The maximum atomic E-state index is 13.0. The molecule has 2 aromatic carbocycles. The van der Waals surface area contributed by atoms with E-state index in [1.165, 1.54) is 36.4 Å². The van der Waals surface area contributed by atoms with Gasteiger partial charge in [0, 0.05) is 36.0 Å². The number of anilines is 1. The second kappa shape index (κ2) is 8.71. The molecule has 0 aromatic heterocycles. The van der Waals surface area contributed by atoms with Crippen molar-refractivity contribution >= 4 is 27.3 Å². The summed E-state index contributed by atoms with van der Waals surface area (Å²) in [5.74, 6) is -0.433. The Kier molecular flexibility index (Phi) is 6.29. The van der Waals surface area contributed by atoms with Gasteiger partial charge in [0.1, 0.15) is 0 Å². The number of sulfonamides is 1. The number of carbonyl (C=O) groups is 1. The monoisotopic (exact) mass is 417 g/mol. The minimum Gasteiger partial charge on any atom is -0.322 e. The fourth-order valence-corrected chi connectivity index (χ4v) is 5.25. The third-order valence-corrected chi connectivity index (χ3v) is 7.07. The Hall–Kier alpha value is -2.78. The molecule has 2 aromatic rings. The largest absolute Gasteiger partial charge is 0.322 e. The first-order chi connectivity index (χ1) is 13.8. The van der Waals surface area contributed by atoms with Crippen molar-refractivity contribution in [2.45, 2.75) is 43.5 Å². The number of piperidine rings is 1. The normalized spacial score (nSPS) is 17.6. The molecule has 1 aliphatic heterocycles. The summed E-state index contributed by atoms with van der Waals surface area (Å²) in [6, 6.07) is 11.3. The number of non-ortho nitro benzene ring substituents is 1. The number of nitro groups is 1. The summed E-state index contributed by atoms with van der Waals surface area (Å²) in [5, 5.41) is 13.4. The Morgan fingerprint density at radius 1 is 1.14 bits per heavy atom. The van der Waals surface area contributed by atoms with Crippen molar-refractivity contribution in [3.8, 4) is 0 Å². The Labute approximate surface area is 169 Å². The van der Waals surface area contributed by atoms with E-state index in [1.54, 1.807) is 16.4 Å². The van der Waals surface area contributed by atoms with Crippen molar-refractivity contribution in [3.05, 3.63) is 64.2 Å². The summed E-state index contributed by atoms with van der Waals surface area (Å²) in [6.45, 7) is 2.52. The Bertz CT molecular complexity index is 988. The van der Waals surface area contributed by atoms with E-state index >= 15 is 0 Å². The number of nitro benzene ring substituents is 1. The van der Waals surface area contributed by atoms with Crippen LogP contribution in [-0.4, -0.2) is 36.1 Å². The van der Waals surface area contributed by atoms with Crippen molar-refractivity contribution in [1.29, 1.82) is 0 Å². The molecule has 9 heteroatoms. The number of rotatable bonds is 6. The molecule has 1 atom stereocenters. The van der Waals surface area contributed by atoms with Crippen molar-refractivity contribution < 1.29 is 18.1 Å². The van der Waals surface area contributed by atoms with E-state index in [9.17, 15) is 23.3 Å². The third kappa shape index (κ3) is 4.63. The molecule has 0 bridgehead atoms. The topological polar surface area (TPSA) is 110 Å². The van der Waals surface area contributed by atoms with Gasteiger partial charge in [0.05, 0.1) is 9.82 Å². The molecule has 0 saturated carbocycles. The quantitative estimate of drug-likeness (QED) is 0.568. The van der Waals surface area contributed by atoms with E-state index in [4.69, 9.17) is 0 Å². The number of hydrogen-bond donors (Lipinski definition) is 1. The summed E-state index contributed by atoms with van der Waals surface area (Å²) in [4.78, 5) is 22.7. The van der Waals surface area contributed by atoms with Gasteiger partial charge in [-0.2, -0.15) is 4.31 Å². The number of nitrogens with one attached hydrogen (secondary N) is 1. The molecule has 0 aliphatic carbocycles. The first-order valence-corrected chi connectivity index (χ1v) is 10.9. The summed E-state index contributed by atoms with van der Waals surface area (Å²) in [7, 11) is -3.58. The lowest BCUT2D eigenvalue weighted by Gasteiger charge is -2.34. The number of benzene rings is 2. The van der Waals surface area contributed by atoms with Crippen LogP contribution in [-0.2, 0) is 10.0 Å². The second-order valence-corrected chi connectivity index (χ2v) is 8.85. The molecule has 0 spiro atoms. The zero-order valence-corrected chi connectivity index (χ0v) is 16.9. The average Bonchev–Trinajstić information content (AvgIpc) is 2.74. The second-order valence-electron chi connectivity index (χ2n) is 6.96. The predicted octanol–water partition coefficient (Wildman–Crippen LogP) is 3.80. The lowest BCUT2D eigenvalue weighted by Crippen LogP contribution is -2.43. The van der Waals surface area contributed by atoms with Gasteiger partial charge in [-0.15, -0.1) is 0 Å². The maximum Gasteiger partial charge on any atom is 0.269 e. The van der Waals surface area contributed by atoms with Gasteiger partial charge in [-0.25, -0.2) is 8.42 Å². The van der Waals surface area contributed by atoms with Crippen molar-refractivity contribution in [2.75, 3.05) is 11.9 Å². The molecular weight excluding hydrogens is 394 g/mol. The van der Waals surface area contributed by atoms with Crippen LogP contribution in [0.4, 0.5) is 11.4 Å². The highest BCUT2D eigenvalue weighted by Gasteiger charge is 2.32. The summed E-state index contributed by atoms with van der Waals surface area (Å²) >= 11 is 0. The van der Waals surface area contributed by atoms with E-state index < -0.39 is 20.9 Å². The molecule has 1 N–H and O–H groups in total. The SMILES string of the molecule is CC[C@H]1CCCCN1S(=O)(=O)c1ccc(NC(=O)c2ccc([N+](=O)[O-])cc2)cc1. The smallest absolute Gasteiger partial charge is 0.269 e. The zero-order chi connectivity index (χ0) is 21.0. The van der Waals surface area contributed by atoms with Gasteiger partial charge in [-0.05, 0) is 55.7 Å². The lowest BCUT2D eigenvalue weighted by atomic mass is 10.0. The molecule has 154 valence electrons. The van der Waals surface area contributed by atoms with Crippen LogP contribution in [0.25, 0.3) is 0 Å². The van der Waals surface area contributed by atoms with Crippen LogP contribution in [0.2, 0.25) is 0 Å². The molecule has 0 radical (unpaired) electrons.